The number of anilines is 1. The highest BCUT2D eigenvalue weighted by atomic mass is 32.1. The number of thiophene rings is 1. The summed E-state index contributed by atoms with van der Waals surface area (Å²) in [5.74, 6) is -0.151. The molecule has 0 bridgehead atoms. The van der Waals surface area contributed by atoms with Crippen molar-refractivity contribution in [3.63, 3.8) is 0 Å². The molecule has 1 aromatic carbocycles. The zero-order chi connectivity index (χ0) is 18.1. The van der Waals surface area contributed by atoms with Crippen LogP contribution in [-0.4, -0.2) is 36.3 Å². The van der Waals surface area contributed by atoms with Crippen molar-refractivity contribution < 1.29 is 14.0 Å². The number of piperidine rings is 1. The summed E-state index contributed by atoms with van der Waals surface area (Å²) in [5, 5.41) is 1.90. The molecule has 136 valence electrons. The van der Waals surface area contributed by atoms with E-state index in [2.05, 4.69) is 0 Å². The summed E-state index contributed by atoms with van der Waals surface area (Å²) in [6.07, 6.45) is 3.04. The highest BCUT2D eigenvalue weighted by molar-refractivity contribution is 7.12. The number of rotatable bonds is 2. The molecule has 3 heterocycles. The van der Waals surface area contributed by atoms with Crippen LogP contribution in [0.4, 0.5) is 10.1 Å². The Bertz CT molecular complexity index is 813. The highest BCUT2D eigenvalue weighted by Crippen LogP contribution is 2.31. The van der Waals surface area contributed by atoms with E-state index in [1.807, 2.05) is 27.3 Å². The standard InChI is InChI=1S/C20H21FN2O2S/c21-16-5-6-17-15(13-16)3-1-9-23(17)19(24)14-7-10-22(11-8-14)20(25)18-4-2-12-26-18/h2,4-6,12-14H,1,3,7-11H2. The van der Waals surface area contributed by atoms with E-state index in [-0.39, 0.29) is 23.5 Å². The molecule has 2 amide bonds. The zero-order valence-corrected chi connectivity index (χ0v) is 15.3. The van der Waals surface area contributed by atoms with Crippen molar-refractivity contribution in [3.8, 4) is 0 Å². The summed E-state index contributed by atoms with van der Waals surface area (Å²) in [4.78, 5) is 29.9. The van der Waals surface area contributed by atoms with Gasteiger partial charge in [-0.05, 0) is 60.9 Å². The van der Waals surface area contributed by atoms with Crippen molar-refractivity contribution in [1.82, 2.24) is 4.90 Å². The van der Waals surface area contributed by atoms with Gasteiger partial charge in [-0.3, -0.25) is 9.59 Å². The second-order valence-corrected chi connectivity index (χ2v) is 7.86. The number of halogens is 1. The molecule has 4 nitrogen and oxygen atoms in total. The molecule has 4 rings (SSSR count). The highest BCUT2D eigenvalue weighted by Gasteiger charge is 2.33. The predicted octanol–water partition coefficient (Wildman–Crippen LogP) is 3.72. The molecule has 0 saturated carbocycles. The van der Waals surface area contributed by atoms with Crippen molar-refractivity contribution >= 4 is 28.8 Å². The summed E-state index contributed by atoms with van der Waals surface area (Å²) < 4.78 is 13.5. The Morgan fingerprint density at radius 2 is 1.92 bits per heavy atom. The first-order valence-electron chi connectivity index (χ1n) is 9.06. The molecule has 2 aromatic rings. The third-order valence-electron chi connectivity index (χ3n) is 5.29. The minimum Gasteiger partial charge on any atom is -0.338 e. The fraction of sp³-hybridized carbons (Fsp3) is 0.400. The molecule has 1 aromatic heterocycles. The third-order valence-corrected chi connectivity index (χ3v) is 6.15. The van der Waals surface area contributed by atoms with E-state index in [1.54, 1.807) is 6.07 Å². The van der Waals surface area contributed by atoms with Gasteiger partial charge in [0.25, 0.3) is 5.91 Å². The Kier molecular flexibility index (Phi) is 4.76. The summed E-state index contributed by atoms with van der Waals surface area (Å²) in [5.41, 5.74) is 1.76. The fourth-order valence-corrected chi connectivity index (χ4v) is 4.59. The first-order chi connectivity index (χ1) is 12.6. The van der Waals surface area contributed by atoms with E-state index in [9.17, 15) is 14.0 Å². The Hall–Kier alpha value is -2.21. The molecule has 26 heavy (non-hydrogen) atoms. The van der Waals surface area contributed by atoms with Gasteiger partial charge in [-0.2, -0.15) is 0 Å². The predicted molar refractivity (Wildman–Crippen MR) is 100 cm³/mol. The SMILES string of the molecule is O=C(c1cccs1)N1CCC(C(=O)N2CCCc3cc(F)ccc32)CC1. The lowest BCUT2D eigenvalue weighted by atomic mass is 9.93. The second kappa shape index (κ2) is 7.19. The Morgan fingerprint density at radius 1 is 1.12 bits per heavy atom. The second-order valence-electron chi connectivity index (χ2n) is 6.91. The number of benzene rings is 1. The number of nitrogens with zero attached hydrogens (tertiary/aromatic N) is 2. The molecule has 6 heteroatoms. The molecule has 0 radical (unpaired) electrons. The molecule has 0 unspecified atom stereocenters. The molecule has 0 spiro atoms. The van der Waals surface area contributed by atoms with Crippen LogP contribution >= 0.6 is 11.3 Å². The Labute approximate surface area is 156 Å². The summed E-state index contributed by atoms with van der Waals surface area (Å²) in [6.45, 7) is 1.90. The first kappa shape index (κ1) is 17.2. The minimum absolute atomic E-state index is 0.0599. The van der Waals surface area contributed by atoms with E-state index in [0.29, 0.717) is 32.5 Å². The van der Waals surface area contributed by atoms with Crippen LogP contribution in [0.2, 0.25) is 0 Å². The number of aryl methyl sites for hydroxylation is 1. The van der Waals surface area contributed by atoms with E-state index in [0.717, 1.165) is 29.0 Å². The van der Waals surface area contributed by atoms with Crippen molar-refractivity contribution in [2.75, 3.05) is 24.5 Å². The van der Waals surface area contributed by atoms with Gasteiger partial charge in [0.15, 0.2) is 0 Å². The average Bonchev–Trinajstić information content (AvgIpc) is 3.21. The van der Waals surface area contributed by atoms with Gasteiger partial charge in [-0.1, -0.05) is 6.07 Å². The normalized spacial score (nSPS) is 17.9. The molecule has 2 aliphatic rings. The molecule has 1 saturated heterocycles. The van der Waals surface area contributed by atoms with Crippen LogP contribution in [0.25, 0.3) is 0 Å². The molecular weight excluding hydrogens is 351 g/mol. The molecule has 0 atom stereocenters. The van der Waals surface area contributed by atoms with Crippen LogP contribution in [-0.2, 0) is 11.2 Å². The van der Waals surface area contributed by atoms with Gasteiger partial charge in [0.2, 0.25) is 5.91 Å². The molecule has 0 N–H and O–H groups in total. The lowest BCUT2D eigenvalue weighted by molar-refractivity contribution is -0.123. The molecule has 2 aliphatic heterocycles. The number of hydrogen-bond acceptors (Lipinski definition) is 3. The van der Waals surface area contributed by atoms with Gasteiger partial charge in [0, 0.05) is 31.2 Å². The van der Waals surface area contributed by atoms with E-state index in [1.165, 1.54) is 23.5 Å². The van der Waals surface area contributed by atoms with Crippen molar-refractivity contribution in [2.24, 2.45) is 5.92 Å². The van der Waals surface area contributed by atoms with Crippen molar-refractivity contribution in [2.45, 2.75) is 25.7 Å². The molecule has 0 aliphatic carbocycles. The number of fused-ring (bicyclic) bond motifs is 1. The first-order valence-corrected chi connectivity index (χ1v) is 9.94. The van der Waals surface area contributed by atoms with Crippen LogP contribution in [0.1, 0.15) is 34.5 Å². The summed E-state index contributed by atoms with van der Waals surface area (Å²) >= 11 is 1.45. The number of likely N-dealkylation sites (tertiary alicyclic amines) is 1. The smallest absolute Gasteiger partial charge is 0.263 e. The van der Waals surface area contributed by atoms with Gasteiger partial charge in [0.05, 0.1) is 4.88 Å². The largest absolute Gasteiger partial charge is 0.338 e. The topological polar surface area (TPSA) is 40.6 Å². The summed E-state index contributed by atoms with van der Waals surface area (Å²) in [6, 6.07) is 8.40. The number of hydrogen-bond donors (Lipinski definition) is 0. The van der Waals surface area contributed by atoms with Gasteiger partial charge in [-0.15, -0.1) is 11.3 Å². The summed E-state index contributed by atoms with van der Waals surface area (Å²) in [7, 11) is 0. The maximum Gasteiger partial charge on any atom is 0.263 e. The Morgan fingerprint density at radius 3 is 2.65 bits per heavy atom. The monoisotopic (exact) mass is 372 g/mol. The number of carbonyl (C=O) groups excluding carboxylic acids is 2. The van der Waals surface area contributed by atoms with Crippen LogP contribution in [0.5, 0.6) is 0 Å². The average molecular weight is 372 g/mol. The third kappa shape index (κ3) is 3.26. The van der Waals surface area contributed by atoms with Gasteiger partial charge in [0.1, 0.15) is 5.82 Å². The van der Waals surface area contributed by atoms with Gasteiger partial charge < -0.3 is 9.80 Å². The number of amides is 2. The van der Waals surface area contributed by atoms with Crippen LogP contribution in [0.15, 0.2) is 35.7 Å². The van der Waals surface area contributed by atoms with Crippen LogP contribution in [0, 0.1) is 11.7 Å². The van der Waals surface area contributed by atoms with Crippen molar-refractivity contribution in [3.05, 3.63) is 52.0 Å². The maximum absolute atomic E-state index is 13.5. The lowest BCUT2D eigenvalue weighted by Gasteiger charge is -2.36. The van der Waals surface area contributed by atoms with Crippen LogP contribution < -0.4 is 4.90 Å². The lowest BCUT2D eigenvalue weighted by Crippen LogP contribution is -2.45. The van der Waals surface area contributed by atoms with E-state index < -0.39 is 0 Å². The van der Waals surface area contributed by atoms with Crippen molar-refractivity contribution in [1.29, 1.82) is 0 Å². The maximum atomic E-state index is 13.5. The zero-order valence-electron chi connectivity index (χ0n) is 14.5. The van der Waals surface area contributed by atoms with Gasteiger partial charge in [-0.25, -0.2) is 4.39 Å². The van der Waals surface area contributed by atoms with E-state index in [4.69, 9.17) is 0 Å². The molecular formula is C20H21FN2O2S. The Balaban J connectivity index is 1.42. The van der Waals surface area contributed by atoms with E-state index >= 15 is 0 Å². The van der Waals surface area contributed by atoms with Gasteiger partial charge >= 0.3 is 0 Å². The number of carbonyl (C=O) groups is 2. The van der Waals surface area contributed by atoms with Crippen LogP contribution in [0.3, 0.4) is 0 Å². The minimum atomic E-state index is -0.251. The molecule has 1 fully saturated rings. The quantitative estimate of drug-likeness (QED) is 0.806. The fourth-order valence-electron chi connectivity index (χ4n) is 3.90.